The van der Waals surface area contributed by atoms with Crippen LogP contribution in [0.25, 0.3) is 0 Å². The van der Waals surface area contributed by atoms with Gasteiger partial charge in [-0.25, -0.2) is 0 Å². The van der Waals surface area contributed by atoms with E-state index in [1.165, 1.54) is 5.56 Å². The molecule has 0 amide bonds. The van der Waals surface area contributed by atoms with Crippen molar-refractivity contribution in [2.75, 3.05) is 46.6 Å². The summed E-state index contributed by atoms with van der Waals surface area (Å²) in [7, 11) is 1.78. The second kappa shape index (κ2) is 11.7. The molecule has 6 heteroatoms. The van der Waals surface area contributed by atoms with Crippen LogP contribution in [0.1, 0.15) is 37.8 Å². The number of fused-ring (bicyclic) bond motifs is 1. The molecule has 1 aliphatic rings. The smallest absolute Gasteiger partial charge is 0.191 e. The summed E-state index contributed by atoms with van der Waals surface area (Å²) < 4.78 is 16.7. The van der Waals surface area contributed by atoms with Gasteiger partial charge in [0.2, 0.25) is 0 Å². The Morgan fingerprint density at radius 1 is 1.20 bits per heavy atom. The van der Waals surface area contributed by atoms with Gasteiger partial charge in [0.15, 0.2) is 5.96 Å². The first-order chi connectivity index (χ1) is 12.3. The fourth-order valence-corrected chi connectivity index (χ4v) is 2.66. The van der Waals surface area contributed by atoms with Crippen LogP contribution in [0.4, 0.5) is 0 Å². The average Bonchev–Trinajstić information content (AvgIpc) is 2.66. The number of nitrogens with one attached hydrogen (secondary N) is 2. The Bertz CT molecular complexity index is 522. The van der Waals surface area contributed by atoms with Crippen LogP contribution in [-0.4, -0.2) is 52.6 Å². The molecule has 1 unspecified atom stereocenters. The summed E-state index contributed by atoms with van der Waals surface area (Å²) in [5, 5.41) is 6.76. The van der Waals surface area contributed by atoms with Gasteiger partial charge in [0, 0.05) is 32.2 Å². The molecule has 1 aliphatic heterocycles. The normalized spacial score (nSPS) is 16.9. The molecule has 6 nitrogen and oxygen atoms in total. The van der Waals surface area contributed by atoms with Gasteiger partial charge in [0.1, 0.15) is 5.75 Å². The Morgan fingerprint density at radius 3 is 2.80 bits per heavy atom. The number of hydrogen-bond donors (Lipinski definition) is 2. The van der Waals surface area contributed by atoms with E-state index in [0.717, 1.165) is 37.6 Å². The third-order valence-electron chi connectivity index (χ3n) is 4.05. The highest BCUT2D eigenvalue weighted by Gasteiger charge is 2.21. The maximum absolute atomic E-state index is 5.70. The van der Waals surface area contributed by atoms with Crippen LogP contribution >= 0.6 is 0 Å². The van der Waals surface area contributed by atoms with E-state index >= 15 is 0 Å². The molecule has 1 atom stereocenters. The minimum atomic E-state index is 0.212. The van der Waals surface area contributed by atoms with Gasteiger partial charge in [-0.3, -0.25) is 4.99 Å². The number of ether oxygens (including phenoxy) is 3. The molecule has 0 spiro atoms. The van der Waals surface area contributed by atoms with E-state index in [0.29, 0.717) is 33.0 Å². The topological polar surface area (TPSA) is 64.1 Å². The van der Waals surface area contributed by atoms with Crippen LogP contribution in [0.3, 0.4) is 0 Å². The Morgan fingerprint density at radius 2 is 2.00 bits per heavy atom. The molecular weight excluding hydrogens is 318 g/mol. The first-order valence-electron chi connectivity index (χ1n) is 9.19. The molecule has 0 radical (unpaired) electrons. The number of aliphatic imine (C=N–C) groups is 1. The summed E-state index contributed by atoms with van der Waals surface area (Å²) in [6.45, 7) is 6.32. The molecule has 1 heterocycles. The van der Waals surface area contributed by atoms with Crippen LogP contribution in [0.5, 0.6) is 5.75 Å². The molecule has 2 N–H and O–H groups in total. The lowest BCUT2D eigenvalue weighted by Crippen LogP contribution is -2.42. The molecule has 25 heavy (non-hydrogen) atoms. The van der Waals surface area contributed by atoms with E-state index < -0.39 is 0 Å². The lowest BCUT2D eigenvalue weighted by Gasteiger charge is -2.28. The molecule has 0 bridgehead atoms. The van der Waals surface area contributed by atoms with Crippen molar-refractivity contribution in [1.29, 1.82) is 0 Å². The highest BCUT2D eigenvalue weighted by atomic mass is 16.5. The van der Waals surface area contributed by atoms with Crippen molar-refractivity contribution < 1.29 is 14.2 Å². The number of benzene rings is 1. The molecule has 1 aromatic rings. The Hall–Kier alpha value is -1.79. The number of hydrogen-bond acceptors (Lipinski definition) is 4. The van der Waals surface area contributed by atoms with E-state index in [4.69, 9.17) is 14.2 Å². The first kappa shape index (κ1) is 19.5. The van der Waals surface area contributed by atoms with Crippen molar-refractivity contribution in [3.63, 3.8) is 0 Å². The van der Waals surface area contributed by atoms with Crippen LogP contribution in [-0.2, 0) is 9.47 Å². The second-order valence-electron chi connectivity index (χ2n) is 5.95. The molecule has 0 fully saturated rings. The molecule has 0 saturated heterocycles. The van der Waals surface area contributed by atoms with Crippen LogP contribution in [0.15, 0.2) is 29.3 Å². The zero-order valence-corrected chi connectivity index (χ0v) is 15.4. The van der Waals surface area contributed by atoms with Crippen molar-refractivity contribution in [1.82, 2.24) is 10.6 Å². The van der Waals surface area contributed by atoms with Gasteiger partial charge in [-0.15, -0.1) is 0 Å². The quantitative estimate of drug-likeness (QED) is 0.386. The summed E-state index contributed by atoms with van der Waals surface area (Å²) >= 11 is 0. The summed E-state index contributed by atoms with van der Waals surface area (Å²) in [4.78, 5) is 4.30. The van der Waals surface area contributed by atoms with Gasteiger partial charge in [-0.05, 0) is 12.5 Å². The van der Waals surface area contributed by atoms with Gasteiger partial charge in [-0.1, -0.05) is 31.5 Å². The lowest BCUT2D eigenvalue weighted by atomic mass is 10.0. The van der Waals surface area contributed by atoms with Crippen molar-refractivity contribution in [3.8, 4) is 5.75 Å². The van der Waals surface area contributed by atoms with E-state index in [1.54, 1.807) is 7.05 Å². The molecule has 0 aromatic heterocycles. The Kier molecular flexibility index (Phi) is 9.15. The Balaban J connectivity index is 1.63. The molecule has 1 aromatic carbocycles. The third-order valence-corrected chi connectivity index (χ3v) is 4.05. The molecule has 0 aliphatic carbocycles. The average molecular weight is 349 g/mol. The van der Waals surface area contributed by atoms with E-state index in [9.17, 15) is 0 Å². The number of unbranched alkanes of at least 4 members (excludes halogenated alkanes) is 1. The second-order valence-corrected chi connectivity index (χ2v) is 5.95. The van der Waals surface area contributed by atoms with Crippen molar-refractivity contribution in [2.24, 2.45) is 4.99 Å². The van der Waals surface area contributed by atoms with Gasteiger partial charge >= 0.3 is 0 Å². The van der Waals surface area contributed by atoms with Gasteiger partial charge in [0.05, 0.1) is 32.5 Å². The van der Waals surface area contributed by atoms with Crippen LogP contribution < -0.4 is 15.4 Å². The van der Waals surface area contributed by atoms with Crippen molar-refractivity contribution >= 4 is 5.96 Å². The van der Waals surface area contributed by atoms with E-state index in [1.807, 2.05) is 18.2 Å². The zero-order chi connectivity index (χ0) is 17.7. The van der Waals surface area contributed by atoms with Crippen molar-refractivity contribution in [2.45, 2.75) is 32.2 Å². The van der Waals surface area contributed by atoms with E-state index in [2.05, 4.69) is 28.6 Å². The molecule has 2 rings (SSSR count). The lowest BCUT2D eigenvalue weighted by molar-refractivity contribution is 0.0487. The summed E-state index contributed by atoms with van der Waals surface area (Å²) in [5.74, 6) is 1.73. The molecule has 140 valence electrons. The highest BCUT2D eigenvalue weighted by molar-refractivity contribution is 5.80. The monoisotopic (exact) mass is 349 g/mol. The fraction of sp³-hybridized carbons (Fsp3) is 0.632. The largest absolute Gasteiger partial charge is 0.493 e. The maximum atomic E-state index is 5.70. The van der Waals surface area contributed by atoms with Crippen molar-refractivity contribution in [3.05, 3.63) is 29.8 Å². The van der Waals surface area contributed by atoms with Crippen LogP contribution in [0.2, 0.25) is 0 Å². The number of guanidine groups is 1. The predicted octanol–water partition coefficient (Wildman–Crippen LogP) is 2.51. The third kappa shape index (κ3) is 6.92. The standard InChI is InChI=1S/C19H31N3O3/c1-3-4-11-23-14-15-24-13-10-21-19(20-2)22-17-9-12-25-18-8-6-5-7-16(17)18/h5-8,17H,3-4,9-15H2,1-2H3,(H2,20,21,22). The fourth-order valence-electron chi connectivity index (χ4n) is 2.66. The molecular formula is C19H31N3O3. The minimum absolute atomic E-state index is 0.212. The van der Waals surface area contributed by atoms with Gasteiger partial charge < -0.3 is 24.8 Å². The number of nitrogens with zero attached hydrogens (tertiary/aromatic N) is 1. The minimum Gasteiger partial charge on any atom is -0.493 e. The number of rotatable bonds is 10. The number of para-hydroxylation sites is 1. The van der Waals surface area contributed by atoms with Gasteiger partial charge in [0.25, 0.3) is 0 Å². The summed E-state index contributed by atoms with van der Waals surface area (Å²) in [5.41, 5.74) is 1.18. The predicted molar refractivity (Wildman–Crippen MR) is 100 cm³/mol. The maximum Gasteiger partial charge on any atom is 0.191 e. The first-order valence-corrected chi connectivity index (χ1v) is 9.19. The summed E-state index contributed by atoms with van der Waals surface area (Å²) in [6.07, 6.45) is 3.19. The Labute approximate surface area is 151 Å². The molecule has 0 saturated carbocycles. The zero-order valence-electron chi connectivity index (χ0n) is 15.4. The van der Waals surface area contributed by atoms with Crippen LogP contribution in [0, 0.1) is 0 Å². The SMILES string of the molecule is CCCCOCCOCCNC(=NC)NC1CCOc2ccccc21. The highest BCUT2D eigenvalue weighted by Crippen LogP contribution is 2.31. The van der Waals surface area contributed by atoms with E-state index in [-0.39, 0.29) is 6.04 Å². The summed E-state index contributed by atoms with van der Waals surface area (Å²) in [6, 6.07) is 8.35. The van der Waals surface area contributed by atoms with Gasteiger partial charge in [-0.2, -0.15) is 0 Å².